The Bertz CT molecular complexity index is 427. The maximum Gasteiger partial charge on any atom is 0.126 e. The van der Waals surface area contributed by atoms with Crippen molar-refractivity contribution >= 4 is 24.7 Å². The van der Waals surface area contributed by atoms with E-state index in [0.29, 0.717) is 5.92 Å². The maximum absolute atomic E-state index is 14.1. The number of benzene rings is 1. The summed E-state index contributed by atoms with van der Waals surface area (Å²) in [5.41, 5.74) is 2.14. The zero-order valence-corrected chi connectivity index (χ0v) is 16.0. The van der Waals surface area contributed by atoms with E-state index in [1.54, 1.807) is 0 Å². The zero-order valence-electron chi connectivity index (χ0n) is 13.2. The molecule has 3 heteroatoms. The second kappa shape index (κ2) is 9.09. The quantitative estimate of drug-likeness (QED) is 0.311. The summed E-state index contributed by atoms with van der Waals surface area (Å²) in [6.07, 6.45) is 7.22. The Morgan fingerprint density at radius 1 is 1.24 bits per heavy atom. The van der Waals surface area contributed by atoms with Crippen molar-refractivity contribution in [3.8, 4) is 0 Å². The number of unbranched alkanes of at least 4 members (excludes halogenated alkanes) is 1. The Hall–Kier alpha value is -0.153. The Morgan fingerprint density at radius 2 is 2.00 bits per heavy atom. The molecule has 21 heavy (non-hydrogen) atoms. The second-order valence-corrected chi connectivity index (χ2v) is 10.8. The van der Waals surface area contributed by atoms with Gasteiger partial charge < -0.3 is 0 Å². The first-order chi connectivity index (χ1) is 10.2. The molecule has 0 aromatic heterocycles. The monoisotopic (exact) mass is 370 g/mol. The first-order valence-electron chi connectivity index (χ1n) is 8.58. The van der Waals surface area contributed by atoms with Crippen LogP contribution >= 0.6 is 15.9 Å². The Kier molecular flexibility index (Phi) is 7.45. The number of alkyl halides is 1. The summed E-state index contributed by atoms with van der Waals surface area (Å²) in [5, 5.41) is 1.15. The number of hydrogen-bond acceptors (Lipinski definition) is 0. The van der Waals surface area contributed by atoms with Gasteiger partial charge in [-0.2, -0.15) is 0 Å². The van der Waals surface area contributed by atoms with E-state index in [9.17, 15) is 4.39 Å². The summed E-state index contributed by atoms with van der Waals surface area (Å²) in [4.78, 5) is 0. The van der Waals surface area contributed by atoms with E-state index in [1.807, 2.05) is 12.1 Å². The van der Waals surface area contributed by atoms with Crippen molar-refractivity contribution in [3.63, 3.8) is 0 Å². The molecule has 0 saturated carbocycles. The molecule has 0 unspecified atom stereocenters. The fourth-order valence-corrected chi connectivity index (χ4v) is 7.48. The third-order valence-electron chi connectivity index (χ3n) is 4.91. The number of rotatable bonds is 7. The third-order valence-corrected chi connectivity index (χ3v) is 9.00. The van der Waals surface area contributed by atoms with Crippen molar-refractivity contribution < 1.29 is 4.39 Å². The standard InChI is InChI=1S/C18H28BrFSi/c1-2-5-16-6-7-17(14-18(16)20)15-8-12-21(13-9-15)11-4-3-10-19/h6-7,14-15,21H,2-5,8-13H2,1H3. The van der Waals surface area contributed by atoms with Crippen LogP contribution in [0.5, 0.6) is 0 Å². The average Bonchev–Trinajstić information content (AvgIpc) is 2.50. The predicted molar refractivity (Wildman–Crippen MR) is 97.0 cm³/mol. The summed E-state index contributed by atoms with van der Waals surface area (Å²) in [6, 6.07) is 10.5. The maximum atomic E-state index is 14.1. The van der Waals surface area contributed by atoms with Gasteiger partial charge in [-0.1, -0.05) is 66.0 Å². The van der Waals surface area contributed by atoms with Crippen LogP contribution in [0.1, 0.15) is 56.1 Å². The normalized spacial score (nSPS) is 22.4. The van der Waals surface area contributed by atoms with E-state index in [1.165, 1.54) is 49.4 Å². The Morgan fingerprint density at radius 3 is 2.62 bits per heavy atom. The van der Waals surface area contributed by atoms with Crippen LogP contribution < -0.4 is 0 Å². The number of hydrogen-bond donors (Lipinski definition) is 0. The molecule has 1 aromatic rings. The largest absolute Gasteiger partial charge is 0.207 e. The Balaban J connectivity index is 1.85. The Labute approximate surface area is 139 Å². The lowest BCUT2D eigenvalue weighted by atomic mass is 9.92. The zero-order chi connectivity index (χ0) is 15.1. The van der Waals surface area contributed by atoms with Crippen LogP contribution in [0.2, 0.25) is 18.1 Å². The van der Waals surface area contributed by atoms with Gasteiger partial charge in [0, 0.05) is 14.1 Å². The predicted octanol–water partition coefficient (Wildman–Crippen LogP) is 6.06. The first-order valence-corrected chi connectivity index (χ1v) is 12.2. The minimum absolute atomic E-state index is 0.0195. The number of aryl methyl sites for hydroxylation is 1. The molecule has 0 nitrogen and oxygen atoms in total. The van der Waals surface area contributed by atoms with E-state index in [0.717, 1.165) is 23.7 Å². The van der Waals surface area contributed by atoms with Gasteiger partial charge in [-0.25, -0.2) is 4.39 Å². The van der Waals surface area contributed by atoms with Gasteiger partial charge in [0.05, 0.1) is 0 Å². The highest BCUT2D eigenvalue weighted by Gasteiger charge is 2.23. The van der Waals surface area contributed by atoms with Gasteiger partial charge in [0.1, 0.15) is 5.82 Å². The van der Waals surface area contributed by atoms with E-state index >= 15 is 0 Å². The summed E-state index contributed by atoms with van der Waals surface area (Å²) >= 11 is 3.52. The molecular weight excluding hydrogens is 343 g/mol. The van der Waals surface area contributed by atoms with Gasteiger partial charge in [-0.15, -0.1) is 0 Å². The molecule has 0 radical (unpaired) electrons. The minimum Gasteiger partial charge on any atom is -0.207 e. The molecule has 0 aliphatic carbocycles. The van der Waals surface area contributed by atoms with Crippen LogP contribution in [0.3, 0.4) is 0 Å². The summed E-state index contributed by atoms with van der Waals surface area (Å²) < 4.78 is 14.1. The van der Waals surface area contributed by atoms with Crippen LogP contribution in [0.4, 0.5) is 4.39 Å². The van der Waals surface area contributed by atoms with E-state index < -0.39 is 8.80 Å². The molecule has 1 saturated heterocycles. The molecule has 1 aliphatic heterocycles. The molecule has 0 spiro atoms. The van der Waals surface area contributed by atoms with Gasteiger partial charge in [0.15, 0.2) is 0 Å². The van der Waals surface area contributed by atoms with Crippen LogP contribution in [-0.4, -0.2) is 14.1 Å². The molecule has 0 N–H and O–H groups in total. The van der Waals surface area contributed by atoms with Crippen LogP contribution in [-0.2, 0) is 6.42 Å². The number of halogens is 2. The van der Waals surface area contributed by atoms with Crippen molar-refractivity contribution in [2.24, 2.45) is 0 Å². The fraction of sp³-hybridized carbons (Fsp3) is 0.667. The SMILES string of the molecule is CCCc1ccc(C2CC[SiH](CCCCBr)CC2)cc1F. The highest BCUT2D eigenvalue weighted by molar-refractivity contribution is 9.09. The van der Waals surface area contributed by atoms with E-state index in [-0.39, 0.29) is 5.82 Å². The van der Waals surface area contributed by atoms with Gasteiger partial charge in [-0.05, 0) is 48.8 Å². The minimum atomic E-state index is -0.468. The average molecular weight is 371 g/mol. The van der Waals surface area contributed by atoms with Crippen molar-refractivity contribution in [2.45, 2.75) is 69.5 Å². The van der Waals surface area contributed by atoms with Gasteiger partial charge in [0.2, 0.25) is 0 Å². The van der Waals surface area contributed by atoms with Crippen LogP contribution in [0.15, 0.2) is 18.2 Å². The first kappa shape index (κ1) is 17.2. The molecular formula is C18H28BrFSi. The lowest BCUT2D eigenvalue weighted by molar-refractivity contribution is 0.578. The van der Waals surface area contributed by atoms with Crippen LogP contribution in [0, 0.1) is 5.82 Å². The molecule has 1 aromatic carbocycles. The van der Waals surface area contributed by atoms with Gasteiger partial charge in [0.25, 0.3) is 0 Å². The molecule has 2 rings (SSSR count). The highest BCUT2D eigenvalue weighted by Crippen LogP contribution is 2.35. The highest BCUT2D eigenvalue weighted by atomic mass is 79.9. The third kappa shape index (κ3) is 5.21. The van der Waals surface area contributed by atoms with Crippen molar-refractivity contribution in [1.29, 1.82) is 0 Å². The van der Waals surface area contributed by atoms with E-state index in [2.05, 4.69) is 28.9 Å². The smallest absolute Gasteiger partial charge is 0.126 e. The van der Waals surface area contributed by atoms with Crippen molar-refractivity contribution in [2.75, 3.05) is 5.33 Å². The molecule has 0 atom stereocenters. The molecule has 0 bridgehead atoms. The lowest BCUT2D eigenvalue weighted by Crippen LogP contribution is -2.20. The second-order valence-electron chi connectivity index (χ2n) is 6.50. The molecule has 1 aliphatic rings. The molecule has 1 fully saturated rings. The van der Waals surface area contributed by atoms with Crippen molar-refractivity contribution in [3.05, 3.63) is 35.1 Å². The summed E-state index contributed by atoms with van der Waals surface area (Å²) in [6.45, 7) is 2.11. The van der Waals surface area contributed by atoms with Crippen LogP contribution in [0.25, 0.3) is 0 Å². The molecule has 0 amide bonds. The van der Waals surface area contributed by atoms with Gasteiger partial charge >= 0.3 is 0 Å². The van der Waals surface area contributed by atoms with E-state index in [4.69, 9.17) is 0 Å². The summed E-state index contributed by atoms with van der Waals surface area (Å²) in [7, 11) is -0.468. The lowest BCUT2D eigenvalue weighted by Gasteiger charge is -2.28. The summed E-state index contributed by atoms with van der Waals surface area (Å²) in [5.74, 6) is 0.640. The topological polar surface area (TPSA) is 0 Å². The molecule has 118 valence electrons. The molecule has 1 heterocycles. The van der Waals surface area contributed by atoms with Gasteiger partial charge in [-0.3, -0.25) is 0 Å². The van der Waals surface area contributed by atoms with Crippen molar-refractivity contribution in [1.82, 2.24) is 0 Å². The fourth-order valence-electron chi connectivity index (χ4n) is 3.60.